The first-order valence-electron chi connectivity index (χ1n) is 7.11. The third kappa shape index (κ3) is 4.95. The SMILES string of the molecule is COC(=O)c1ccc(NC(=O)COC(=O)c2ccc(Cl)c(N)c2)cc1. The second kappa shape index (κ2) is 8.16. The number of carbonyl (C=O) groups is 3. The number of hydrogen-bond donors (Lipinski definition) is 2. The number of nitrogen functional groups attached to an aromatic ring is 1. The highest BCUT2D eigenvalue weighted by Crippen LogP contribution is 2.20. The van der Waals surface area contributed by atoms with Gasteiger partial charge in [-0.25, -0.2) is 9.59 Å². The number of amides is 1. The fourth-order valence-electron chi connectivity index (χ4n) is 1.89. The van der Waals surface area contributed by atoms with Crippen molar-refractivity contribution in [1.29, 1.82) is 0 Å². The number of hydrogen-bond acceptors (Lipinski definition) is 6. The molecule has 2 aromatic rings. The molecule has 0 saturated heterocycles. The minimum absolute atomic E-state index is 0.192. The molecule has 0 atom stereocenters. The van der Waals surface area contributed by atoms with Crippen LogP contribution in [0, 0.1) is 0 Å². The van der Waals surface area contributed by atoms with E-state index in [-0.39, 0.29) is 11.3 Å². The summed E-state index contributed by atoms with van der Waals surface area (Å²) in [5.41, 5.74) is 6.84. The lowest BCUT2D eigenvalue weighted by Gasteiger charge is -2.08. The zero-order valence-corrected chi connectivity index (χ0v) is 14.0. The van der Waals surface area contributed by atoms with E-state index in [1.54, 1.807) is 0 Å². The Labute approximate surface area is 148 Å². The molecule has 2 rings (SSSR count). The summed E-state index contributed by atoms with van der Waals surface area (Å²) in [4.78, 5) is 35.0. The smallest absolute Gasteiger partial charge is 0.338 e. The zero-order chi connectivity index (χ0) is 18.4. The third-order valence-electron chi connectivity index (χ3n) is 3.16. The third-order valence-corrected chi connectivity index (χ3v) is 3.50. The predicted octanol–water partition coefficient (Wildman–Crippen LogP) is 2.50. The van der Waals surface area contributed by atoms with E-state index in [2.05, 4.69) is 10.1 Å². The predicted molar refractivity (Wildman–Crippen MR) is 92.6 cm³/mol. The van der Waals surface area contributed by atoms with Gasteiger partial charge >= 0.3 is 11.9 Å². The summed E-state index contributed by atoms with van der Waals surface area (Å²) in [5, 5.41) is 2.86. The minimum Gasteiger partial charge on any atom is -0.465 e. The van der Waals surface area contributed by atoms with Gasteiger partial charge in [0.25, 0.3) is 5.91 Å². The molecule has 3 N–H and O–H groups in total. The van der Waals surface area contributed by atoms with E-state index < -0.39 is 24.5 Å². The van der Waals surface area contributed by atoms with Crippen LogP contribution in [0.3, 0.4) is 0 Å². The molecule has 0 aliphatic heterocycles. The van der Waals surface area contributed by atoms with Crippen molar-refractivity contribution in [1.82, 2.24) is 0 Å². The first-order chi connectivity index (χ1) is 11.9. The lowest BCUT2D eigenvalue weighted by Crippen LogP contribution is -2.21. The largest absolute Gasteiger partial charge is 0.465 e. The fraction of sp³-hybridized carbons (Fsp3) is 0.118. The number of nitrogens with one attached hydrogen (secondary N) is 1. The van der Waals surface area contributed by atoms with Crippen molar-refractivity contribution in [3.8, 4) is 0 Å². The average molecular weight is 363 g/mol. The summed E-state index contributed by atoms with van der Waals surface area (Å²) in [5.74, 6) is -1.70. The molecule has 7 nitrogen and oxygen atoms in total. The minimum atomic E-state index is -0.695. The Morgan fingerprint density at radius 3 is 2.28 bits per heavy atom. The first kappa shape index (κ1) is 18.3. The molecule has 0 saturated carbocycles. The topological polar surface area (TPSA) is 108 Å². The van der Waals surface area contributed by atoms with Gasteiger partial charge in [0.05, 0.1) is 28.9 Å². The van der Waals surface area contributed by atoms with Gasteiger partial charge in [-0.1, -0.05) is 11.6 Å². The summed E-state index contributed by atoms with van der Waals surface area (Å²) in [6.07, 6.45) is 0. The molecule has 0 aliphatic carbocycles. The number of nitrogens with two attached hydrogens (primary N) is 1. The normalized spacial score (nSPS) is 10.0. The molecule has 0 aromatic heterocycles. The molecule has 8 heteroatoms. The van der Waals surface area contributed by atoms with Crippen LogP contribution in [0.2, 0.25) is 5.02 Å². The molecule has 0 bridgehead atoms. The Morgan fingerprint density at radius 2 is 1.68 bits per heavy atom. The molecule has 2 aromatic carbocycles. The lowest BCUT2D eigenvalue weighted by atomic mass is 10.2. The Bertz CT molecular complexity index is 805. The number of rotatable bonds is 5. The van der Waals surface area contributed by atoms with Crippen LogP contribution in [0.15, 0.2) is 42.5 Å². The number of esters is 2. The molecule has 0 heterocycles. The van der Waals surface area contributed by atoms with E-state index in [4.69, 9.17) is 22.1 Å². The van der Waals surface area contributed by atoms with Gasteiger partial charge in [0.2, 0.25) is 0 Å². The molecule has 0 aliphatic rings. The van der Waals surface area contributed by atoms with Gasteiger partial charge < -0.3 is 20.5 Å². The van der Waals surface area contributed by atoms with Crippen molar-refractivity contribution >= 4 is 40.8 Å². The molecule has 0 unspecified atom stereocenters. The average Bonchev–Trinajstić information content (AvgIpc) is 2.62. The standard InChI is InChI=1S/C17H15ClN2O5/c1-24-16(22)10-2-5-12(6-3-10)20-15(21)9-25-17(23)11-4-7-13(18)14(19)8-11/h2-8H,9,19H2,1H3,(H,20,21). The van der Waals surface area contributed by atoms with Crippen molar-refractivity contribution < 1.29 is 23.9 Å². The number of methoxy groups -OCH3 is 1. The van der Waals surface area contributed by atoms with E-state index in [1.165, 1.54) is 49.6 Å². The highest BCUT2D eigenvalue weighted by atomic mass is 35.5. The van der Waals surface area contributed by atoms with Gasteiger partial charge in [-0.3, -0.25) is 4.79 Å². The number of halogens is 1. The Morgan fingerprint density at radius 1 is 1.04 bits per heavy atom. The summed E-state index contributed by atoms with van der Waals surface area (Å²) < 4.78 is 9.49. The van der Waals surface area contributed by atoms with Crippen LogP contribution >= 0.6 is 11.6 Å². The highest BCUT2D eigenvalue weighted by molar-refractivity contribution is 6.33. The molecule has 25 heavy (non-hydrogen) atoms. The van der Waals surface area contributed by atoms with Crippen LogP contribution < -0.4 is 11.1 Å². The molecular formula is C17H15ClN2O5. The van der Waals surface area contributed by atoms with Gasteiger partial charge in [-0.2, -0.15) is 0 Å². The number of anilines is 2. The van der Waals surface area contributed by atoms with Crippen LogP contribution in [-0.4, -0.2) is 31.6 Å². The van der Waals surface area contributed by atoms with Crippen LogP contribution in [0.1, 0.15) is 20.7 Å². The second-order valence-electron chi connectivity index (χ2n) is 4.93. The van der Waals surface area contributed by atoms with E-state index in [0.29, 0.717) is 16.3 Å². The lowest BCUT2D eigenvalue weighted by molar-refractivity contribution is -0.119. The van der Waals surface area contributed by atoms with E-state index in [0.717, 1.165) is 0 Å². The van der Waals surface area contributed by atoms with Crippen molar-refractivity contribution in [2.75, 3.05) is 24.8 Å². The molecule has 0 radical (unpaired) electrons. The molecular weight excluding hydrogens is 348 g/mol. The van der Waals surface area contributed by atoms with Gasteiger partial charge in [0.1, 0.15) is 0 Å². The maximum Gasteiger partial charge on any atom is 0.338 e. The van der Waals surface area contributed by atoms with Crippen LogP contribution in [0.25, 0.3) is 0 Å². The van der Waals surface area contributed by atoms with Crippen LogP contribution in [0.5, 0.6) is 0 Å². The van der Waals surface area contributed by atoms with E-state index >= 15 is 0 Å². The van der Waals surface area contributed by atoms with Crippen molar-refractivity contribution in [2.45, 2.75) is 0 Å². The van der Waals surface area contributed by atoms with Crippen LogP contribution in [0.4, 0.5) is 11.4 Å². The summed E-state index contributed by atoms with van der Waals surface area (Å²) in [7, 11) is 1.28. The quantitative estimate of drug-likeness (QED) is 0.625. The summed E-state index contributed by atoms with van der Waals surface area (Å²) in [6, 6.07) is 10.4. The van der Waals surface area contributed by atoms with Gasteiger partial charge in [-0.05, 0) is 42.5 Å². The number of carbonyl (C=O) groups excluding carboxylic acids is 3. The molecule has 0 spiro atoms. The van der Waals surface area contributed by atoms with Gasteiger partial charge in [0.15, 0.2) is 6.61 Å². The number of ether oxygens (including phenoxy) is 2. The van der Waals surface area contributed by atoms with Crippen molar-refractivity contribution in [3.63, 3.8) is 0 Å². The van der Waals surface area contributed by atoms with Gasteiger partial charge in [0, 0.05) is 5.69 Å². The van der Waals surface area contributed by atoms with Crippen molar-refractivity contribution in [2.24, 2.45) is 0 Å². The maximum atomic E-state index is 11.9. The fourth-order valence-corrected chi connectivity index (χ4v) is 2.01. The number of benzene rings is 2. The van der Waals surface area contributed by atoms with Gasteiger partial charge in [-0.15, -0.1) is 0 Å². The summed E-state index contributed by atoms with van der Waals surface area (Å²) in [6.45, 7) is -0.472. The molecule has 130 valence electrons. The second-order valence-corrected chi connectivity index (χ2v) is 5.34. The van der Waals surface area contributed by atoms with E-state index in [1.807, 2.05) is 0 Å². The maximum absolute atomic E-state index is 11.9. The first-order valence-corrected chi connectivity index (χ1v) is 7.49. The monoisotopic (exact) mass is 362 g/mol. The zero-order valence-electron chi connectivity index (χ0n) is 13.2. The highest BCUT2D eigenvalue weighted by Gasteiger charge is 2.12. The van der Waals surface area contributed by atoms with Crippen LogP contribution in [-0.2, 0) is 14.3 Å². The summed E-state index contributed by atoms with van der Waals surface area (Å²) >= 11 is 5.77. The Balaban J connectivity index is 1.88. The van der Waals surface area contributed by atoms with Crippen molar-refractivity contribution in [3.05, 3.63) is 58.6 Å². The Hall–Kier alpha value is -3.06. The molecule has 0 fully saturated rings. The molecule has 1 amide bonds. The Kier molecular flexibility index (Phi) is 5.97. The van der Waals surface area contributed by atoms with E-state index in [9.17, 15) is 14.4 Å².